The first kappa shape index (κ1) is 13.2. The molecule has 5 heteroatoms. The van der Waals surface area contributed by atoms with E-state index in [1.165, 1.54) is 12.1 Å². The molecule has 1 aromatic rings. The van der Waals surface area contributed by atoms with E-state index >= 15 is 0 Å². The Morgan fingerprint density at radius 3 is 2.62 bits per heavy atom. The molecule has 4 rings (SSSR count). The summed E-state index contributed by atoms with van der Waals surface area (Å²) in [5.74, 6) is -0.118. The van der Waals surface area contributed by atoms with Crippen LogP contribution in [-0.4, -0.2) is 35.7 Å². The van der Waals surface area contributed by atoms with Crippen LogP contribution in [0, 0.1) is 5.82 Å². The van der Waals surface area contributed by atoms with Gasteiger partial charge in [0.05, 0.1) is 6.04 Å². The molecule has 0 saturated carbocycles. The van der Waals surface area contributed by atoms with Gasteiger partial charge in [0.25, 0.3) is 5.91 Å². The molecule has 3 aliphatic heterocycles. The average molecular weight is 290 g/mol. The summed E-state index contributed by atoms with van der Waals surface area (Å²) in [7, 11) is 0. The maximum Gasteiger partial charge on any atom is 0.257 e. The molecule has 1 N–H and O–H groups in total. The molecule has 0 radical (unpaired) electrons. The van der Waals surface area contributed by atoms with Gasteiger partial charge in [-0.2, -0.15) is 0 Å². The van der Waals surface area contributed by atoms with Crippen molar-refractivity contribution in [3.05, 3.63) is 35.6 Å². The minimum Gasteiger partial charge on any atom is -0.342 e. The lowest BCUT2D eigenvalue weighted by Crippen LogP contribution is -2.49. The molecule has 112 valence electrons. The van der Waals surface area contributed by atoms with E-state index in [1.807, 2.05) is 4.90 Å². The number of fused-ring (bicyclic) bond motifs is 1. The Morgan fingerprint density at radius 1 is 1.19 bits per heavy atom. The number of ether oxygens (including phenoxy) is 1. The van der Waals surface area contributed by atoms with E-state index in [2.05, 4.69) is 5.32 Å². The fraction of sp³-hybridized carbons (Fsp3) is 0.562. The highest BCUT2D eigenvalue weighted by atomic mass is 19.1. The van der Waals surface area contributed by atoms with Crippen molar-refractivity contribution in [3.63, 3.8) is 0 Å². The van der Waals surface area contributed by atoms with Gasteiger partial charge in [-0.15, -0.1) is 0 Å². The third-order valence-electron chi connectivity index (χ3n) is 4.99. The molecule has 0 bridgehead atoms. The minimum atomic E-state index is -0.616. The normalized spacial score (nSPS) is 30.9. The molecule has 1 amide bonds. The Bertz CT molecular complexity index is 554. The average Bonchev–Trinajstić information content (AvgIpc) is 3.01. The van der Waals surface area contributed by atoms with Crippen LogP contribution < -0.4 is 5.32 Å². The highest BCUT2D eigenvalue weighted by Crippen LogP contribution is 2.46. The maximum atomic E-state index is 13.1. The lowest BCUT2D eigenvalue weighted by atomic mass is 9.90. The van der Waals surface area contributed by atoms with Crippen molar-refractivity contribution in [3.8, 4) is 0 Å². The number of hydrogen-bond acceptors (Lipinski definition) is 3. The molecule has 0 aromatic heterocycles. The third-order valence-corrected chi connectivity index (χ3v) is 4.99. The summed E-state index contributed by atoms with van der Waals surface area (Å²) >= 11 is 0. The predicted molar refractivity (Wildman–Crippen MR) is 74.9 cm³/mol. The molecule has 21 heavy (non-hydrogen) atoms. The molecule has 1 aromatic carbocycles. The quantitative estimate of drug-likeness (QED) is 0.860. The Hall–Kier alpha value is -1.46. The number of hydrogen-bond donors (Lipinski definition) is 1. The van der Waals surface area contributed by atoms with Gasteiger partial charge >= 0.3 is 0 Å². The van der Waals surface area contributed by atoms with Crippen LogP contribution in [0.2, 0.25) is 0 Å². The Labute approximate surface area is 123 Å². The van der Waals surface area contributed by atoms with Gasteiger partial charge < -0.3 is 15.0 Å². The lowest BCUT2D eigenvalue weighted by molar-refractivity contribution is -0.140. The van der Waals surface area contributed by atoms with Gasteiger partial charge in [-0.25, -0.2) is 4.39 Å². The van der Waals surface area contributed by atoms with Gasteiger partial charge in [0.1, 0.15) is 12.0 Å². The molecule has 3 fully saturated rings. The number of rotatable bonds is 1. The smallest absolute Gasteiger partial charge is 0.257 e. The van der Waals surface area contributed by atoms with Crippen molar-refractivity contribution >= 4 is 5.91 Å². The molecular formula is C16H19FN2O2. The number of piperidine rings is 1. The van der Waals surface area contributed by atoms with Crippen molar-refractivity contribution in [2.24, 2.45) is 0 Å². The van der Waals surface area contributed by atoms with Crippen molar-refractivity contribution in [2.75, 3.05) is 13.1 Å². The van der Waals surface area contributed by atoms with Crippen LogP contribution in [0.25, 0.3) is 0 Å². The van der Waals surface area contributed by atoms with Crippen molar-refractivity contribution < 1.29 is 13.9 Å². The number of nitrogens with zero attached hydrogens (tertiary/aromatic N) is 1. The second kappa shape index (κ2) is 4.78. The molecule has 4 nitrogen and oxygen atoms in total. The summed E-state index contributed by atoms with van der Waals surface area (Å²) < 4.78 is 19.3. The predicted octanol–water partition coefficient (Wildman–Crippen LogP) is 1.97. The molecule has 3 heterocycles. The van der Waals surface area contributed by atoms with E-state index in [-0.39, 0.29) is 24.0 Å². The zero-order valence-corrected chi connectivity index (χ0v) is 11.8. The number of benzene rings is 1. The maximum absolute atomic E-state index is 13.1. The summed E-state index contributed by atoms with van der Waals surface area (Å²) in [5, 5.41) is 3.28. The fourth-order valence-corrected chi connectivity index (χ4v) is 3.89. The second-order valence-electron chi connectivity index (χ2n) is 6.17. The standard InChI is InChI=1S/C16H19FN2O2/c17-12-3-1-11(2-4-12)13-5-6-14-19(13)15(20)16(21-14)7-9-18-10-8-16/h1-4,13-14,18H,5-10H2/t13-,14+/m0/s1. The fourth-order valence-electron chi connectivity index (χ4n) is 3.89. The molecular weight excluding hydrogens is 271 g/mol. The molecule has 0 unspecified atom stereocenters. The Morgan fingerprint density at radius 2 is 1.90 bits per heavy atom. The van der Waals surface area contributed by atoms with E-state index in [0.29, 0.717) is 0 Å². The summed E-state index contributed by atoms with van der Waals surface area (Å²) in [6, 6.07) is 6.51. The third kappa shape index (κ3) is 1.99. The highest BCUT2D eigenvalue weighted by Gasteiger charge is 2.57. The van der Waals surface area contributed by atoms with Gasteiger partial charge in [-0.3, -0.25) is 4.79 Å². The van der Waals surface area contributed by atoms with E-state index < -0.39 is 5.60 Å². The van der Waals surface area contributed by atoms with Gasteiger partial charge in [0.15, 0.2) is 5.60 Å². The molecule has 1 spiro atoms. The summed E-state index contributed by atoms with van der Waals surface area (Å²) in [6.45, 7) is 1.65. The van der Waals surface area contributed by atoms with Gasteiger partial charge in [0.2, 0.25) is 0 Å². The molecule has 0 aliphatic carbocycles. The van der Waals surface area contributed by atoms with Crippen molar-refractivity contribution in [1.82, 2.24) is 10.2 Å². The van der Waals surface area contributed by atoms with Gasteiger partial charge in [0, 0.05) is 0 Å². The zero-order valence-electron chi connectivity index (χ0n) is 11.8. The Balaban J connectivity index is 1.62. The monoisotopic (exact) mass is 290 g/mol. The SMILES string of the molecule is O=C1N2[C@@H](CC[C@H]2c2ccc(F)cc2)OC12CCNCC2. The Kier molecular flexibility index (Phi) is 3.01. The van der Waals surface area contributed by atoms with Crippen LogP contribution in [0.3, 0.4) is 0 Å². The number of amides is 1. The van der Waals surface area contributed by atoms with Crippen LogP contribution in [-0.2, 0) is 9.53 Å². The van der Waals surface area contributed by atoms with E-state index in [4.69, 9.17) is 4.74 Å². The first-order chi connectivity index (χ1) is 10.2. The topological polar surface area (TPSA) is 41.6 Å². The van der Waals surface area contributed by atoms with Gasteiger partial charge in [-0.05, 0) is 56.5 Å². The first-order valence-electron chi connectivity index (χ1n) is 7.66. The minimum absolute atomic E-state index is 0.0253. The summed E-state index contributed by atoms with van der Waals surface area (Å²) in [5.41, 5.74) is 0.385. The van der Waals surface area contributed by atoms with E-state index in [1.54, 1.807) is 12.1 Å². The van der Waals surface area contributed by atoms with Crippen LogP contribution in [0.1, 0.15) is 37.3 Å². The van der Waals surface area contributed by atoms with Crippen LogP contribution in [0.15, 0.2) is 24.3 Å². The van der Waals surface area contributed by atoms with Crippen LogP contribution in [0.4, 0.5) is 4.39 Å². The summed E-state index contributed by atoms with van der Waals surface area (Å²) in [4.78, 5) is 14.8. The van der Waals surface area contributed by atoms with Crippen molar-refractivity contribution in [2.45, 2.75) is 43.6 Å². The largest absolute Gasteiger partial charge is 0.342 e. The summed E-state index contributed by atoms with van der Waals surface area (Å²) in [6.07, 6.45) is 3.13. The van der Waals surface area contributed by atoms with Gasteiger partial charge in [-0.1, -0.05) is 12.1 Å². The lowest BCUT2D eigenvalue weighted by Gasteiger charge is -2.32. The number of carbonyl (C=O) groups is 1. The zero-order chi connectivity index (χ0) is 14.4. The number of halogens is 1. The van der Waals surface area contributed by atoms with E-state index in [9.17, 15) is 9.18 Å². The van der Waals surface area contributed by atoms with E-state index in [0.717, 1.165) is 44.3 Å². The van der Waals surface area contributed by atoms with Crippen molar-refractivity contribution in [1.29, 1.82) is 0 Å². The van der Waals surface area contributed by atoms with Crippen LogP contribution in [0.5, 0.6) is 0 Å². The number of carbonyl (C=O) groups excluding carboxylic acids is 1. The molecule has 3 saturated heterocycles. The highest BCUT2D eigenvalue weighted by molar-refractivity contribution is 5.88. The number of nitrogens with one attached hydrogen (secondary N) is 1. The molecule has 3 aliphatic rings. The second-order valence-corrected chi connectivity index (χ2v) is 6.17. The first-order valence-corrected chi connectivity index (χ1v) is 7.66. The van der Waals surface area contributed by atoms with Crippen LogP contribution >= 0.6 is 0 Å². The molecule has 2 atom stereocenters.